The Labute approximate surface area is 227 Å². The standard InChI is InChI=1S/C36H25N3/c37-22-25-18-31(24-38-23-25)28-11-7-10-27(19-28)30-15-17-36-34(21-30)33-20-29(26-8-3-1-4-9-26)14-16-35(33)39(36)32-12-5-2-6-13-32/h1-21,24,38H,23H2. The molecule has 1 aromatic heterocycles. The molecule has 1 N–H and O–H groups in total. The summed E-state index contributed by atoms with van der Waals surface area (Å²) in [5, 5.41) is 15.0. The Balaban J connectivity index is 1.42. The molecule has 3 heteroatoms. The van der Waals surface area contributed by atoms with Crippen molar-refractivity contribution in [2.75, 3.05) is 6.54 Å². The minimum atomic E-state index is 0.576. The van der Waals surface area contributed by atoms with Gasteiger partial charge in [0.2, 0.25) is 0 Å². The second-order valence-electron chi connectivity index (χ2n) is 9.84. The van der Waals surface area contributed by atoms with Crippen molar-refractivity contribution in [3.05, 3.63) is 145 Å². The first-order valence-corrected chi connectivity index (χ1v) is 13.1. The van der Waals surface area contributed by atoms with Crippen LogP contribution in [0.3, 0.4) is 0 Å². The predicted molar refractivity (Wildman–Crippen MR) is 161 cm³/mol. The van der Waals surface area contributed by atoms with E-state index in [2.05, 4.69) is 137 Å². The van der Waals surface area contributed by atoms with Crippen molar-refractivity contribution in [3.8, 4) is 34.0 Å². The van der Waals surface area contributed by atoms with Crippen LogP contribution in [0.5, 0.6) is 0 Å². The normalized spacial score (nSPS) is 13.0. The number of aromatic nitrogens is 1. The van der Waals surface area contributed by atoms with Crippen LogP contribution in [0.4, 0.5) is 0 Å². The molecule has 0 unspecified atom stereocenters. The van der Waals surface area contributed by atoms with Crippen LogP contribution >= 0.6 is 0 Å². The van der Waals surface area contributed by atoms with Crippen LogP contribution in [0.25, 0.3) is 55.3 Å². The second kappa shape index (κ2) is 9.52. The van der Waals surface area contributed by atoms with Crippen LogP contribution in [0.1, 0.15) is 5.56 Å². The maximum absolute atomic E-state index is 9.36. The van der Waals surface area contributed by atoms with E-state index in [-0.39, 0.29) is 0 Å². The van der Waals surface area contributed by atoms with Gasteiger partial charge in [0.15, 0.2) is 0 Å². The number of para-hydroxylation sites is 1. The van der Waals surface area contributed by atoms with E-state index in [1.54, 1.807) is 0 Å². The molecule has 0 saturated carbocycles. The van der Waals surface area contributed by atoms with E-state index in [0.29, 0.717) is 6.54 Å². The molecule has 0 atom stereocenters. The molecule has 7 rings (SSSR count). The molecule has 0 fully saturated rings. The molecular weight excluding hydrogens is 474 g/mol. The minimum Gasteiger partial charge on any atom is -0.386 e. The lowest BCUT2D eigenvalue weighted by Crippen LogP contribution is -2.13. The summed E-state index contributed by atoms with van der Waals surface area (Å²) < 4.78 is 2.35. The van der Waals surface area contributed by atoms with Crippen molar-refractivity contribution in [3.63, 3.8) is 0 Å². The van der Waals surface area contributed by atoms with Crippen molar-refractivity contribution >= 4 is 27.4 Å². The van der Waals surface area contributed by atoms with Crippen molar-refractivity contribution in [1.82, 2.24) is 9.88 Å². The Hall–Kier alpha value is -5.33. The lowest BCUT2D eigenvalue weighted by atomic mass is 9.96. The minimum absolute atomic E-state index is 0.576. The van der Waals surface area contributed by atoms with Crippen molar-refractivity contribution in [2.45, 2.75) is 0 Å². The van der Waals surface area contributed by atoms with Gasteiger partial charge in [0, 0.05) is 34.8 Å². The van der Waals surface area contributed by atoms with E-state index in [4.69, 9.17) is 0 Å². The Morgan fingerprint density at radius 2 is 1.18 bits per heavy atom. The molecule has 0 spiro atoms. The highest BCUT2D eigenvalue weighted by Crippen LogP contribution is 2.37. The van der Waals surface area contributed by atoms with Gasteiger partial charge in [0.05, 0.1) is 17.1 Å². The van der Waals surface area contributed by atoms with E-state index in [1.165, 1.54) is 32.9 Å². The van der Waals surface area contributed by atoms with Gasteiger partial charge >= 0.3 is 0 Å². The lowest BCUT2D eigenvalue weighted by Gasteiger charge is -2.13. The first kappa shape index (κ1) is 22.8. The number of nitriles is 1. The van der Waals surface area contributed by atoms with Crippen molar-refractivity contribution in [2.24, 2.45) is 0 Å². The zero-order chi connectivity index (χ0) is 26.2. The Kier molecular flexibility index (Phi) is 5.57. The molecule has 5 aromatic carbocycles. The van der Waals surface area contributed by atoms with Crippen LogP contribution in [0, 0.1) is 11.3 Å². The molecule has 0 bridgehead atoms. The number of rotatable bonds is 4. The van der Waals surface area contributed by atoms with Crippen molar-refractivity contribution in [1.29, 1.82) is 5.26 Å². The summed E-state index contributed by atoms with van der Waals surface area (Å²) in [5.41, 5.74) is 11.1. The molecule has 2 heterocycles. The van der Waals surface area contributed by atoms with E-state index < -0.39 is 0 Å². The number of hydrogen-bond donors (Lipinski definition) is 1. The molecule has 0 radical (unpaired) electrons. The molecule has 39 heavy (non-hydrogen) atoms. The number of nitrogens with zero attached hydrogens (tertiary/aromatic N) is 2. The third kappa shape index (κ3) is 4.09. The van der Waals surface area contributed by atoms with Gasteiger partial charge in [-0.1, -0.05) is 78.9 Å². The third-order valence-corrected chi connectivity index (χ3v) is 7.44. The first-order chi connectivity index (χ1) is 19.3. The van der Waals surface area contributed by atoms with E-state index in [1.807, 2.05) is 12.3 Å². The highest BCUT2D eigenvalue weighted by Gasteiger charge is 2.15. The number of dihydropyridines is 1. The molecule has 0 saturated heterocycles. The number of hydrogen-bond acceptors (Lipinski definition) is 2. The van der Waals surface area contributed by atoms with Gasteiger partial charge in [0.1, 0.15) is 0 Å². The van der Waals surface area contributed by atoms with Gasteiger partial charge in [0.25, 0.3) is 0 Å². The largest absolute Gasteiger partial charge is 0.386 e. The average molecular weight is 500 g/mol. The zero-order valence-electron chi connectivity index (χ0n) is 21.3. The summed E-state index contributed by atoms with van der Waals surface area (Å²) in [6, 6.07) is 45.5. The fraction of sp³-hybridized carbons (Fsp3) is 0.0278. The summed E-state index contributed by atoms with van der Waals surface area (Å²) in [7, 11) is 0. The first-order valence-electron chi connectivity index (χ1n) is 13.1. The molecule has 0 aliphatic carbocycles. The van der Waals surface area contributed by atoms with Gasteiger partial charge in [-0.25, -0.2) is 0 Å². The van der Waals surface area contributed by atoms with Crippen LogP contribution in [0.2, 0.25) is 0 Å². The molecule has 3 nitrogen and oxygen atoms in total. The maximum atomic E-state index is 9.36. The van der Waals surface area contributed by atoms with Gasteiger partial charge < -0.3 is 9.88 Å². The molecular formula is C36H25N3. The monoisotopic (exact) mass is 499 g/mol. The van der Waals surface area contributed by atoms with Gasteiger partial charge in [-0.15, -0.1) is 0 Å². The Morgan fingerprint density at radius 3 is 1.87 bits per heavy atom. The molecule has 6 aromatic rings. The smallest absolute Gasteiger partial charge is 0.0966 e. The SMILES string of the molecule is N#CC1=CC(c2cccc(-c3ccc4c(c3)c3cc(-c5ccccc5)ccc3n4-c3ccccc3)c2)=CNC1. The summed E-state index contributed by atoms with van der Waals surface area (Å²) in [6.07, 6.45) is 3.96. The summed E-state index contributed by atoms with van der Waals surface area (Å²) >= 11 is 0. The third-order valence-electron chi connectivity index (χ3n) is 7.44. The molecule has 0 amide bonds. The van der Waals surface area contributed by atoms with Crippen molar-refractivity contribution < 1.29 is 0 Å². The lowest BCUT2D eigenvalue weighted by molar-refractivity contribution is 0.948. The number of fused-ring (bicyclic) bond motifs is 3. The van der Waals surface area contributed by atoms with Gasteiger partial charge in [-0.3, -0.25) is 0 Å². The Morgan fingerprint density at radius 1 is 0.590 bits per heavy atom. The van der Waals surface area contributed by atoms with E-state index in [0.717, 1.165) is 33.5 Å². The number of allylic oxidation sites excluding steroid dienone is 2. The highest BCUT2D eigenvalue weighted by molar-refractivity contribution is 6.11. The van der Waals surface area contributed by atoms with Crippen LogP contribution in [0.15, 0.2) is 139 Å². The molecule has 1 aliphatic heterocycles. The Bertz CT molecular complexity index is 1950. The van der Waals surface area contributed by atoms with Crippen LogP contribution in [-0.2, 0) is 0 Å². The van der Waals surface area contributed by atoms with E-state index >= 15 is 0 Å². The quantitative estimate of drug-likeness (QED) is 0.264. The summed E-state index contributed by atoms with van der Waals surface area (Å²) in [6.45, 7) is 0.576. The summed E-state index contributed by atoms with van der Waals surface area (Å²) in [4.78, 5) is 0. The molecule has 184 valence electrons. The maximum Gasteiger partial charge on any atom is 0.0966 e. The van der Waals surface area contributed by atoms with E-state index in [9.17, 15) is 5.26 Å². The second-order valence-corrected chi connectivity index (χ2v) is 9.84. The predicted octanol–water partition coefficient (Wildman–Crippen LogP) is 8.51. The zero-order valence-corrected chi connectivity index (χ0v) is 21.3. The number of benzene rings is 5. The highest BCUT2D eigenvalue weighted by atomic mass is 15.0. The fourth-order valence-corrected chi connectivity index (χ4v) is 5.54. The van der Waals surface area contributed by atoms with Crippen LogP contribution < -0.4 is 5.32 Å². The van der Waals surface area contributed by atoms with Gasteiger partial charge in [-0.2, -0.15) is 5.26 Å². The van der Waals surface area contributed by atoms with Gasteiger partial charge in [-0.05, 0) is 81.9 Å². The summed E-state index contributed by atoms with van der Waals surface area (Å²) in [5.74, 6) is 0. The molecule has 1 aliphatic rings. The topological polar surface area (TPSA) is 40.8 Å². The average Bonchev–Trinajstić information content (AvgIpc) is 3.35. The fourth-order valence-electron chi connectivity index (χ4n) is 5.54. The number of nitrogens with one attached hydrogen (secondary N) is 1. The van der Waals surface area contributed by atoms with Crippen LogP contribution in [-0.4, -0.2) is 11.1 Å².